The molecule has 4 rings (SSSR count). The fourth-order valence-corrected chi connectivity index (χ4v) is 4.09. The summed E-state index contributed by atoms with van der Waals surface area (Å²) in [4.78, 5) is 29.7. The van der Waals surface area contributed by atoms with Gasteiger partial charge in [-0.2, -0.15) is 0 Å². The highest BCUT2D eigenvalue weighted by Crippen LogP contribution is 2.34. The molecule has 0 saturated heterocycles. The lowest BCUT2D eigenvalue weighted by molar-refractivity contribution is -0.113. The Bertz CT molecular complexity index is 1130. The SMILES string of the molecule is CCn1c(SCC(=O)Nc2ccc3c(c2)OCO3)nc2ccc(Br)cc2c1=O. The highest BCUT2D eigenvalue weighted by Gasteiger charge is 2.16. The van der Waals surface area contributed by atoms with Gasteiger partial charge < -0.3 is 14.8 Å². The summed E-state index contributed by atoms with van der Waals surface area (Å²) in [6, 6.07) is 10.6. The lowest BCUT2D eigenvalue weighted by Crippen LogP contribution is -2.23. The van der Waals surface area contributed by atoms with E-state index in [-0.39, 0.29) is 24.0 Å². The average Bonchev–Trinajstić information content (AvgIpc) is 3.15. The predicted molar refractivity (Wildman–Crippen MR) is 111 cm³/mol. The summed E-state index contributed by atoms with van der Waals surface area (Å²) in [6.07, 6.45) is 0. The van der Waals surface area contributed by atoms with Crippen LogP contribution in [-0.2, 0) is 11.3 Å². The van der Waals surface area contributed by atoms with E-state index < -0.39 is 0 Å². The number of rotatable bonds is 5. The van der Waals surface area contributed by atoms with Crippen molar-refractivity contribution in [3.05, 3.63) is 51.2 Å². The molecule has 0 atom stereocenters. The van der Waals surface area contributed by atoms with Crippen molar-refractivity contribution >= 4 is 50.2 Å². The number of halogens is 1. The lowest BCUT2D eigenvalue weighted by atomic mass is 10.2. The van der Waals surface area contributed by atoms with Crippen molar-refractivity contribution in [1.29, 1.82) is 0 Å². The summed E-state index contributed by atoms with van der Waals surface area (Å²) >= 11 is 4.61. The largest absolute Gasteiger partial charge is 0.454 e. The number of nitrogens with one attached hydrogen (secondary N) is 1. The number of anilines is 1. The number of carbonyl (C=O) groups excluding carboxylic acids is 1. The van der Waals surface area contributed by atoms with E-state index in [1.54, 1.807) is 34.9 Å². The molecule has 0 fully saturated rings. The zero-order chi connectivity index (χ0) is 19.7. The highest BCUT2D eigenvalue weighted by atomic mass is 79.9. The lowest BCUT2D eigenvalue weighted by Gasteiger charge is -2.11. The quantitative estimate of drug-likeness (QED) is 0.461. The van der Waals surface area contributed by atoms with Crippen molar-refractivity contribution in [3.8, 4) is 11.5 Å². The van der Waals surface area contributed by atoms with E-state index in [0.29, 0.717) is 39.8 Å². The number of hydrogen-bond donors (Lipinski definition) is 1. The first-order valence-electron chi connectivity index (χ1n) is 8.57. The molecule has 1 aliphatic heterocycles. The summed E-state index contributed by atoms with van der Waals surface area (Å²) in [6.45, 7) is 2.53. The first kappa shape index (κ1) is 18.8. The Kier molecular flexibility index (Phi) is 5.27. The van der Waals surface area contributed by atoms with Gasteiger partial charge >= 0.3 is 0 Å². The van der Waals surface area contributed by atoms with Crippen molar-refractivity contribution in [2.75, 3.05) is 17.9 Å². The van der Waals surface area contributed by atoms with Crippen LogP contribution in [0.2, 0.25) is 0 Å². The van der Waals surface area contributed by atoms with E-state index in [4.69, 9.17) is 9.47 Å². The van der Waals surface area contributed by atoms with Gasteiger partial charge in [-0.25, -0.2) is 4.98 Å². The topological polar surface area (TPSA) is 82.5 Å². The van der Waals surface area contributed by atoms with Gasteiger partial charge in [-0.3, -0.25) is 14.2 Å². The zero-order valence-electron chi connectivity index (χ0n) is 14.9. The Hall–Kier alpha value is -2.52. The number of thioether (sulfide) groups is 1. The number of amides is 1. The van der Waals surface area contributed by atoms with Crippen LogP contribution >= 0.6 is 27.7 Å². The van der Waals surface area contributed by atoms with E-state index >= 15 is 0 Å². The van der Waals surface area contributed by atoms with Gasteiger partial charge in [0.1, 0.15) is 0 Å². The van der Waals surface area contributed by atoms with E-state index in [9.17, 15) is 9.59 Å². The molecule has 1 N–H and O–H groups in total. The summed E-state index contributed by atoms with van der Waals surface area (Å²) in [5.74, 6) is 1.19. The fraction of sp³-hybridized carbons (Fsp3) is 0.211. The van der Waals surface area contributed by atoms with E-state index in [1.165, 1.54) is 11.8 Å². The molecule has 2 aromatic carbocycles. The molecule has 2 heterocycles. The van der Waals surface area contributed by atoms with Crippen LogP contribution in [0.4, 0.5) is 5.69 Å². The first-order chi connectivity index (χ1) is 13.5. The molecule has 28 heavy (non-hydrogen) atoms. The maximum absolute atomic E-state index is 12.7. The van der Waals surface area contributed by atoms with Crippen LogP contribution in [-0.4, -0.2) is 28.0 Å². The van der Waals surface area contributed by atoms with Gasteiger partial charge in [0, 0.05) is 22.8 Å². The molecule has 7 nitrogen and oxygen atoms in total. The summed E-state index contributed by atoms with van der Waals surface area (Å²) in [5.41, 5.74) is 1.11. The number of fused-ring (bicyclic) bond motifs is 2. The van der Waals surface area contributed by atoms with Crippen LogP contribution in [0.5, 0.6) is 11.5 Å². The number of nitrogens with zero attached hydrogens (tertiary/aromatic N) is 2. The molecule has 0 aliphatic carbocycles. The molecule has 9 heteroatoms. The second-order valence-electron chi connectivity index (χ2n) is 6.01. The third-order valence-electron chi connectivity index (χ3n) is 4.19. The molecule has 3 aromatic rings. The third-order valence-corrected chi connectivity index (χ3v) is 5.66. The molecule has 1 amide bonds. The number of aromatic nitrogens is 2. The van der Waals surface area contributed by atoms with Crippen molar-refractivity contribution in [2.45, 2.75) is 18.6 Å². The molecule has 0 unspecified atom stereocenters. The van der Waals surface area contributed by atoms with Crippen LogP contribution < -0.4 is 20.3 Å². The fourth-order valence-electron chi connectivity index (χ4n) is 2.86. The molecular formula is C19H16BrN3O4S. The Balaban J connectivity index is 1.51. The van der Waals surface area contributed by atoms with Gasteiger partial charge in [-0.1, -0.05) is 27.7 Å². The van der Waals surface area contributed by atoms with E-state index in [0.717, 1.165) is 4.47 Å². The smallest absolute Gasteiger partial charge is 0.262 e. The van der Waals surface area contributed by atoms with Gasteiger partial charge in [0.25, 0.3) is 5.56 Å². The molecule has 1 aromatic heterocycles. The maximum Gasteiger partial charge on any atom is 0.262 e. The van der Waals surface area contributed by atoms with Crippen molar-refractivity contribution in [3.63, 3.8) is 0 Å². The predicted octanol–water partition coefficient (Wildman–Crippen LogP) is 3.64. The average molecular weight is 462 g/mol. The van der Waals surface area contributed by atoms with Crippen LogP contribution in [0.3, 0.4) is 0 Å². The number of benzene rings is 2. The number of ether oxygens (including phenoxy) is 2. The Morgan fingerprint density at radius 2 is 2.07 bits per heavy atom. The van der Waals surface area contributed by atoms with Crippen molar-refractivity contribution in [2.24, 2.45) is 0 Å². The second kappa shape index (κ2) is 7.84. The minimum atomic E-state index is -0.198. The Morgan fingerprint density at radius 3 is 2.89 bits per heavy atom. The van der Waals surface area contributed by atoms with E-state index in [2.05, 4.69) is 26.2 Å². The molecule has 144 valence electrons. The molecule has 1 aliphatic rings. The van der Waals surface area contributed by atoms with Crippen LogP contribution in [0.15, 0.2) is 50.8 Å². The Morgan fingerprint density at radius 1 is 1.25 bits per heavy atom. The summed E-state index contributed by atoms with van der Waals surface area (Å²) < 4.78 is 13.0. The molecule has 0 bridgehead atoms. The van der Waals surface area contributed by atoms with Gasteiger partial charge in [-0.15, -0.1) is 0 Å². The maximum atomic E-state index is 12.7. The minimum Gasteiger partial charge on any atom is -0.454 e. The van der Waals surface area contributed by atoms with E-state index in [1.807, 2.05) is 13.0 Å². The van der Waals surface area contributed by atoms with Gasteiger partial charge in [-0.05, 0) is 37.3 Å². The Labute approximate surface area is 173 Å². The van der Waals surface area contributed by atoms with Crippen LogP contribution in [0.1, 0.15) is 6.92 Å². The standard InChI is InChI=1S/C19H16BrN3O4S/c1-2-23-18(25)13-7-11(20)3-5-14(13)22-19(23)28-9-17(24)21-12-4-6-15-16(8-12)27-10-26-15/h3-8H,2,9-10H2,1H3,(H,21,24). The van der Waals surface area contributed by atoms with Gasteiger partial charge in [0.15, 0.2) is 16.7 Å². The van der Waals surface area contributed by atoms with Crippen molar-refractivity contribution < 1.29 is 14.3 Å². The van der Waals surface area contributed by atoms with Gasteiger partial charge in [0.05, 0.1) is 16.7 Å². The molecule has 0 spiro atoms. The normalized spacial score (nSPS) is 12.4. The molecule has 0 saturated carbocycles. The zero-order valence-corrected chi connectivity index (χ0v) is 17.3. The van der Waals surface area contributed by atoms with Crippen molar-refractivity contribution in [1.82, 2.24) is 9.55 Å². The molecular weight excluding hydrogens is 446 g/mol. The monoisotopic (exact) mass is 461 g/mol. The summed E-state index contributed by atoms with van der Waals surface area (Å²) in [5, 5.41) is 3.89. The molecule has 0 radical (unpaired) electrons. The van der Waals surface area contributed by atoms with Gasteiger partial charge in [0.2, 0.25) is 12.7 Å². The number of carbonyl (C=O) groups is 1. The second-order valence-corrected chi connectivity index (χ2v) is 7.87. The van der Waals surface area contributed by atoms with Crippen LogP contribution in [0, 0.1) is 0 Å². The first-order valence-corrected chi connectivity index (χ1v) is 10.4. The summed E-state index contributed by atoms with van der Waals surface area (Å²) in [7, 11) is 0. The number of hydrogen-bond acceptors (Lipinski definition) is 6. The highest BCUT2D eigenvalue weighted by molar-refractivity contribution is 9.10. The third kappa shape index (κ3) is 3.72. The minimum absolute atomic E-state index is 0.118. The van der Waals surface area contributed by atoms with Crippen LogP contribution in [0.25, 0.3) is 10.9 Å².